The fourth-order valence-corrected chi connectivity index (χ4v) is 9.03. The standard InChI is InChI=1S/C26H43NO2/c1-17(7-5-4-6-14-27)21-10-11-22-20-9-8-18-15-19(28)12-13-25(18,2)23(20)16-24(29)26(21,22)3/h17-24,28-29H,4-13,15-16H2,1-3H3/t17-,18-,19-,20+,21-,22+,23+,24+,25+,26-/m1/s1. The van der Waals surface area contributed by atoms with E-state index < -0.39 is 0 Å². The molecule has 0 saturated heterocycles. The molecule has 0 aliphatic heterocycles. The first-order valence-corrected chi connectivity index (χ1v) is 12.6. The van der Waals surface area contributed by atoms with Gasteiger partial charge in [0.2, 0.25) is 0 Å². The van der Waals surface area contributed by atoms with Gasteiger partial charge in [-0.15, -0.1) is 0 Å². The highest BCUT2D eigenvalue weighted by Crippen LogP contribution is 2.68. The molecule has 0 heterocycles. The Bertz CT molecular complexity index is 629. The van der Waals surface area contributed by atoms with Crippen LogP contribution in [0.25, 0.3) is 0 Å². The number of aliphatic hydroxyl groups excluding tert-OH is 2. The van der Waals surface area contributed by atoms with Crippen molar-refractivity contribution >= 4 is 0 Å². The van der Waals surface area contributed by atoms with Gasteiger partial charge in [-0.2, -0.15) is 5.26 Å². The quantitative estimate of drug-likeness (QED) is 0.581. The first-order chi connectivity index (χ1) is 13.8. The minimum Gasteiger partial charge on any atom is -0.393 e. The molecule has 4 rings (SSSR count). The van der Waals surface area contributed by atoms with Gasteiger partial charge in [0, 0.05) is 6.42 Å². The van der Waals surface area contributed by atoms with Gasteiger partial charge in [-0.3, -0.25) is 0 Å². The van der Waals surface area contributed by atoms with E-state index in [4.69, 9.17) is 5.26 Å². The monoisotopic (exact) mass is 401 g/mol. The van der Waals surface area contributed by atoms with Crippen molar-refractivity contribution in [2.75, 3.05) is 0 Å². The van der Waals surface area contributed by atoms with Gasteiger partial charge in [0.1, 0.15) is 0 Å². The zero-order valence-corrected chi connectivity index (χ0v) is 18.9. The van der Waals surface area contributed by atoms with Crippen LogP contribution in [0.5, 0.6) is 0 Å². The molecule has 0 unspecified atom stereocenters. The van der Waals surface area contributed by atoms with Crippen LogP contribution in [-0.4, -0.2) is 22.4 Å². The number of nitrogens with zero attached hydrogens (tertiary/aromatic N) is 1. The van der Waals surface area contributed by atoms with E-state index in [1.807, 2.05) is 0 Å². The smallest absolute Gasteiger partial charge is 0.0621 e. The van der Waals surface area contributed by atoms with Crippen molar-refractivity contribution in [2.24, 2.45) is 46.3 Å². The number of fused-ring (bicyclic) bond motifs is 5. The Morgan fingerprint density at radius 3 is 2.55 bits per heavy atom. The van der Waals surface area contributed by atoms with E-state index in [1.54, 1.807) is 0 Å². The number of unbranched alkanes of at least 4 members (excludes halogenated alkanes) is 2. The van der Waals surface area contributed by atoms with Crippen molar-refractivity contribution in [3.63, 3.8) is 0 Å². The Morgan fingerprint density at radius 1 is 1.00 bits per heavy atom. The number of hydrogen-bond acceptors (Lipinski definition) is 3. The van der Waals surface area contributed by atoms with Gasteiger partial charge in [0.05, 0.1) is 18.3 Å². The second-order valence-electron chi connectivity index (χ2n) is 11.8. The lowest BCUT2D eigenvalue weighted by molar-refractivity contribution is -0.174. The molecule has 0 spiro atoms. The van der Waals surface area contributed by atoms with Gasteiger partial charge >= 0.3 is 0 Å². The van der Waals surface area contributed by atoms with Crippen molar-refractivity contribution in [3.8, 4) is 6.07 Å². The summed E-state index contributed by atoms with van der Waals surface area (Å²) in [6.07, 6.45) is 13.0. The third kappa shape index (κ3) is 3.47. The molecule has 164 valence electrons. The van der Waals surface area contributed by atoms with Crippen LogP contribution >= 0.6 is 0 Å². The molecule has 10 atom stereocenters. The number of hydrogen-bond donors (Lipinski definition) is 2. The minimum atomic E-state index is -0.176. The second-order valence-corrected chi connectivity index (χ2v) is 11.8. The summed E-state index contributed by atoms with van der Waals surface area (Å²) in [6.45, 7) is 7.34. The maximum Gasteiger partial charge on any atom is 0.0621 e. The first-order valence-electron chi connectivity index (χ1n) is 12.6. The molecule has 29 heavy (non-hydrogen) atoms. The largest absolute Gasteiger partial charge is 0.393 e. The van der Waals surface area contributed by atoms with E-state index in [-0.39, 0.29) is 17.6 Å². The topological polar surface area (TPSA) is 64.2 Å². The van der Waals surface area contributed by atoms with E-state index >= 15 is 0 Å². The normalized spacial score (nSPS) is 50.1. The Hall–Kier alpha value is -0.590. The van der Waals surface area contributed by atoms with Crippen LogP contribution < -0.4 is 0 Å². The van der Waals surface area contributed by atoms with Crippen LogP contribution in [-0.2, 0) is 0 Å². The van der Waals surface area contributed by atoms with E-state index in [0.717, 1.165) is 44.4 Å². The third-order valence-electron chi connectivity index (χ3n) is 10.7. The maximum atomic E-state index is 11.6. The summed E-state index contributed by atoms with van der Waals surface area (Å²) >= 11 is 0. The molecular formula is C26H43NO2. The van der Waals surface area contributed by atoms with E-state index in [1.165, 1.54) is 32.1 Å². The molecule has 0 aromatic rings. The SMILES string of the molecule is C[C@H](CCCCC#N)[C@H]1CC[C@H]2[C@@H]3CC[C@@H]4C[C@H](O)CC[C@]4(C)[C@H]3C[C@H](O)[C@]12C. The lowest BCUT2D eigenvalue weighted by Gasteiger charge is -2.62. The number of rotatable bonds is 5. The Balaban J connectivity index is 1.51. The molecule has 3 nitrogen and oxygen atoms in total. The second kappa shape index (κ2) is 8.16. The lowest BCUT2D eigenvalue weighted by Crippen LogP contribution is -2.58. The predicted octanol–water partition coefficient (Wildman–Crippen LogP) is 5.70. The molecule has 0 aromatic carbocycles. The van der Waals surface area contributed by atoms with Gasteiger partial charge in [-0.25, -0.2) is 0 Å². The molecule has 3 heteroatoms. The summed E-state index contributed by atoms with van der Waals surface area (Å²) in [5.74, 6) is 4.02. The van der Waals surface area contributed by atoms with Gasteiger partial charge < -0.3 is 10.2 Å². The molecule has 2 N–H and O–H groups in total. The average molecular weight is 402 g/mol. The highest BCUT2D eigenvalue weighted by Gasteiger charge is 2.63. The molecule has 0 radical (unpaired) electrons. The van der Waals surface area contributed by atoms with Crippen LogP contribution in [0.2, 0.25) is 0 Å². The average Bonchev–Trinajstić information content (AvgIpc) is 3.05. The van der Waals surface area contributed by atoms with Crippen LogP contribution in [0.4, 0.5) is 0 Å². The van der Waals surface area contributed by atoms with Crippen molar-refractivity contribution in [3.05, 3.63) is 0 Å². The molecule has 0 aromatic heterocycles. The van der Waals surface area contributed by atoms with Gasteiger partial charge in [0.25, 0.3) is 0 Å². The van der Waals surface area contributed by atoms with E-state index in [0.29, 0.717) is 41.4 Å². The molecule has 0 bridgehead atoms. The minimum absolute atomic E-state index is 0.0766. The van der Waals surface area contributed by atoms with Crippen molar-refractivity contribution in [1.82, 2.24) is 0 Å². The van der Waals surface area contributed by atoms with Gasteiger partial charge in [0.15, 0.2) is 0 Å². The lowest BCUT2D eigenvalue weighted by atomic mass is 9.43. The highest BCUT2D eigenvalue weighted by molar-refractivity contribution is 5.12. The highest BCUT2D eigenvalue weighted by atomic mass is 16.3. The molecule has 4 aliphatic carbocycles. The predicted molar refractivity (Wildman–Crippen MR) is 116 cm³/mol. The summed E-state index contributed by atoms with van der Waals surface area (Å²) in [4.78, 5) is 0. The molecule has 4 aliphatic rings. The van der Waals surface area contributed by atoms with Crippen LogP contribution in [0.1, 0.15) is 97.8 Å². The third-order valence-corrected chi connectivity index (χ3v) is 10.7. The van der Waals surface area contributed by atoms with Crippen LogP contribution in [0, 0.1) is 57.7 Å². The van der Waals surface area contributed by atoms with Crippen molar-refractivity contribution < 1.29 is 10.2 Å². The maximum absolute atomic E-state index is 11.6. The fraction of sp³-hybridized carbons (Fsp3) is 0.962. The Morgan fingerprint density at radius 2 is 1.79 bits per heavy atom. The zero-order chi connectivity index (χ0) is 20.8. The molecule has 0 amide bonds. The summed E-state index contributed by atoms with van der Waals surface area (Å²) < 4.78 is 0. The number of aliphatic hydroxyl groups is 2. The van der Waals surface area contributed by atoms with Crippen LogP contribution in [0.15, 0.2) is 0 Å². The van der Waals surface area contributed by atoms with E-state index in [9.17, 15) is 10.2 Å². The number of nitriles is 1. The summed E-state index contributed by atoms with van der Waals surface area (Å²) in [7, 11) is 0. The molecule has 4 fully saturated rings. The zero-order valence-electron chi connectivity index (χ0n) is 18.9. The van der Waals surface area contributed by atoms with Gasteiger partial charge in [-0.05, 0) is 104 Å². The summed E-state index contributed by atoms with van der Waals surface area (Å²) in [5.41, 5.74) is 0.401. The van der Waals surface area contributed by atoms with E-state index in [2.05, 4.69) is 26.8 Å². The fourth-order valence-electron chi connectivity index (χ4n) is 9.03. The van der Waals surface area contributed by atoms with Crippen LogP contribution in [0.3, 0.4) is 0 Å². The van der Waals surface area contributed by atoms with Crippen molar-refractivity contribution in [2.45, 2.75) is 110 Å². The van der Waals surface area contributed by atoms with Crippen molar-refractivity contribution in [1.29, 1.82) is 5.26 Å². The molecule has 4 saturated carbocycles. The summed E-state index contributed by atoms with van der Waals surface area (Å²) in [5, 5.41) is 30.6. The molecular weight excluding hydrogens is 358 g/mol. The Labute approximate surface area is 178 Å². The van der Waals surface area contributed by atoms with Gasteiger partial charge in [-0.1, -0.05) is 33.6 Å². The first kappa shape index (κ1) is 21.6. The Kier molecular flexibility index (Phi) is 6.09. The summed E-state index contributed by atoms with van der Waals surface area (Å²) in [6, 6.07) is 2.28.